The number of hydrogen-bond acceptors (Lipinski definition) is 5. The van der Waals surface area contributed by atoms with Gasteiger partial charge in [0.25, 0.3) is 11.6 Å². The molecule has 0 saturated carbocycles. The van der Waals surface area contributed by atoms with Crippen LogP contribution >= 0.6 is 11.6 Å². The summed E-state index contributed by atoms with van der Waals surface area (Å²) >= 11 is 5.76. The van der Waals surface area contributed by atoms with E-state index in [0.29, 0.717) is 26.2 Å². The van der Waals surface area contributed by atoms with Gasteiger partial charge in [-0.15, -0.1) is 0 Å². The van der Waals surface area contributed by atoms with Crippen molar-refractivity contribution in [3.8, 4) is 0 Å². The van der Waals surface area contributed by atoms with Gasteiger partial charge in [-0.2, -0.15) is 0 Å². The number of carbonyl (C=O) groups is 1. The molecule has 1 atom stereocenters. The number of likely N-dealkylation sites (N-methyl/N-ethyl adjacent to an activating group) is 1. The highest BCUT2D eigenvalue weighted by atomic mass is 35.5. The number of amides is 1. The van der Waals surface area contributed by atoms with Gasteiger partial charge in [-0.3, -0.25) is 14.9 Å². The average Bonchev–Trinajstić information content (AvgIpc) is 2.47. The van der Waals surface area contributed by atoms with E-state index in [-0.39, 0.29) is 28.3 Å². The molecule has 1 fully saturated rings. The summed E-state index contributed by atoms with van der Waals surface area (Å²) in [4.78, 5) is 24.5. The Morgan fingerprint density at radius 2 is 2.38 bits per heavy atom. The molecule has 1 aliphatic heterocycles. The smallest absolute Gasteiger partial charge is 0.283 e. The highest BCUT2D eigenvalue weighted by molar-refractivity contribution is 6.31. The predicted molar refractivity (Wildman–Crippen MR) is 77.7 cm³/mol. The lowest BCUT2D eigenvalue weighted by Gasteiger charge is -2.32. The summed E-state index contributed by atoms with van der Waals surface area (Å²) < 4.78 is 5.52. The van der Waals surface area contributed by atoms with Gasteiger partial charge < -0.3 is 15.0 Å². The zero-order valence-corrected chi connectivity index (χ0v) is 12.3. The van der Waals surface area contributed by atoms with Gasteiger partial charge in [-0.05, 0) is 19.2 Å². The normalized spacial score (nSPS) is 18.6. The van der Waals surface area contributed by atoms with Gasteiger partial charge in [0.1, 0.15) is 5.56 Å². The summed E-state index contributed by atoms with van der Waals surface area (Å²) in [5.74, 6) is -0.372. The lowest BCUT2D eigenvalue weighted by atomic mass is 10.1. The van der Waals surface area contributed by atoms with Gasteiger partial charge in [-0.25, -0.2) is 0 Å². The molecule has 1 aromatic rings. The molecule has 0 spiro atoms. The second-order valence-corrected chi connectivity index (χ2v) is 5.16. The number of benzene rings is 1. The molecule has 1 saturated heterocycles. The number of halogens is 1. The second-order valence-electron chi connectivity index (χ2n) is 4.72. The number of hydrogen-bond donors (Lipinski definition) is 1. The van der Waals surface area contributed by atoms with Crippen molar-refractivity contribution in [2.75, 3.05) is 33.3 Å². The van der Waals surface area contributed by atoms with Crippen LogP contribution in [0.4, 0.5) is 5.69 Å². The van der Waals surface area contributed by atoms with Crippen LogP contribution in [0.2, 0.25) is 5.02 Å². The first-order valence-corrected chi connectivity index (χ1v) is 6.90. The number of morpholine rings is 1. The number of nitro benzene ring substituents is 1. The fraction of sp³-hybridized carbons (Fsp3) is 0.462. The standard InChI is InChI=1S/C13H16ClN3O4/c1-15-7-10-8-16(4-5-21-10)13(18)11-3-2-9(14)6-12(11)17(19)20/h2-3,6,10,15H,4-5,7-8H2,1H3. The Kier molecular flexibility index (Phi) is 5.11. The van der Waals surface area contributed by atoms with Crippen molar-refractivity contribution in [3.63, 3.8) is 0 Å². The highest BCUT2D eigenvalue weighted by Gasteiger charge is 2.29. The number of nitrogens with zero attached hydrogens (tertiary/aromatic N) is 2. The van der Waals surface area contributed by atoms with Crippen molar-refractivity contribution in [1.29, 1.82) is 0 Å². The molecule has 1 aromatic carbocycles. The molecule has 0 bridgehead atoms. The molecule has 2 rings (SSSR count). The van der Waals surface area contributed by atoms with E-state index in [1.807, 2.05) is 0 Å². The maximum atomic E-state index is 12.5. The fourth-order valence-corrected chi connectivity index (χ4v) is 2.43. The van der Waals surface area contributed by atoms with Crippen LogP contribution in [0.5, 0.6) is 0 Å². The lowest BCUT2D eigenvalue weighted by Crippen LogP contribution is -2.48. The minimum absolute atomic E-state index is 0.0505. The van der Waals surface area contributed by atoms with E-state index in [0.717, 1.165) is 0 Å². The van der Waals surface area contributed by atoms with E-state index < -0.39 is 4.92 Å². The molecule has 114 valence electrons. The number of ether oxygens (including phenoxy) is 1. The Morgan fingerprint density at radius 1 is 1.62 bits per heavy atom. The molecule has 0 aromatic heterocycles. The van der Waals surface area contributed by atoms with Crippen LogP contribution in [0.25, 0.3) is 0 Å². The molecule has 7 nitrogen and oxygen atoms in total. The highest BCUT2D eigenvalue weighted by Crippen LogP contribution is 2.25. The summed E-state index contributed by atoms with van der Waals surface area (Å²) in [5.41, 5.74) is -0.223. The van der Waals surface area contributed by atoms with Crippen LogP contribution in [0.1, 0.15) is 10.4 Å². The molecule has 1 aliphatic rings. The molecule has 0 aliphatic carbocycles. The first kappa shape index (κ1) is 15.7. The van der Waals surface area contributed by atoms with E-state index in [1.165, 1.54) is 18.2 Å². The van der Waals surface area contributed by atoms with Gasteiger partial charge >= 0.3 is 0 Å². The maximum absolute atomic E-state index is 12.5. The van der Waals surface area contributed by atoms with E-state index in [1.54, 1.807) is 11.9 Å². The number of nitrogens with one attached hydrogen (secondary N) is 1. The molecule has 1 heterocycles. The van der Waals surface area contributed by atoms with Crippen LogP contribution in [0.15, 0.2) is 18.2 Å². The quantitative estimate of drug-likeness (QED) is 0.669. The molecule has 1 unspecified atom stereocenters. The predicted octanol–water partition coefficient (Wildman–Crippen LogP) is 1.31. The Balaban J connectivity index is 2.21. The second kappa shape index (κ2) is 6.84. The largest absolute Gasteiger partial charge is 0.373 e. The van der Waals surface area contributed by atoms with Crippen LogP contribution in [0.3, 0.4) is 0 Å². The van der Waals surface area contributed by atoms with Crippen LogP contribution in [-0.4, -0.2) is 55.1 Å². The van der Waals surface area contributed by atoms with E-state index >= 15 is 0 Å². The first-order valence-electron chi connectivity index (χ1n) is 6.52. The van der Waals surface area contributed by atoms with Gasteiger partial charge in [0.15, 0.2) is 0 Å². The number of carbonyl (C=O) groups excluding carboxylic acids is 1. The molecule has 1 N–H and O–H groups in total. The summed E-state index contributed by atoms with van der Waals surface area (Å²) in [7, 11) is 1.80. The van der Waals surface area contributed by atoms with Gasteiger partial charge in [0.2, 0.25) is 0 Å². The van der Waals surface area contributed by atoms with Crippen molar-refractivity contribution in [1.82, 2.24) is 10.2 Å². The fourth-order valence-electron chi connectivity index (χ4n) is 2.26. The van der Waals surface area contributed by atoms with Crippen molar-refractivity contribution in [3.05, 3.63) is 38.9 Å². The first-order chi connectivity index (χ1) is 10.0. The summed E-state index contributed by atoms with van der Waals surface area (Å²) in [6.45, 7) is 1.85. The third kappa shape index (κ3) is 3.69. The van der Waals surface area contributed by atoms with Crippen molar-refractivity contribution >= 4 is 23.2 Å². The monoisotopic (exact) mass is 313 g/mol. The summed E-state index contributed by atoms with van der Waals surface area (Å²) in [6, 6.07) is 4.07. The lowest BCUT2D eigenvalue weighted by molar-refractivity contribution is -0.385. The van der Waals surface area contributed by atoms with Crippen LogP contribution in [0, 0.1) is 10.1 Å². The topological polar surface area (TPSA) is 84.7 Å². The molecular weight excluding hydrogens is 298 g/mol. The summed E-state index contributed by atoms with van der Waals surface area (Å²) in [6.07, 6.45) is -0.112. The van der Waals surface area contributed by atoms with Crippen molar-refractivity contribution in [2.24, 2.45) is 0 Å². The minimum Gasteiger partial charge on any atom is -0.373 e. The zero-order chi connectivity index (χ0) is 15.4. The maximum Gasteiger partial charge on any atom is 0.283 e. The molecule has 21 heavy (non-hydrogen) atoms. The number of rotatable bonds is 4. The van der Waals surface area contributed by atoms with E-state index in [9.17, 15) is 14.9 Å². The SMILES string of the molecule is CNCC1CN(C(=O)c2ccc(Cl)cc2[N+](=O)[O-])CCO1. The zero-order valence-electron chi connectivity index (χ0n) is 11.5. The molecule has 8 heteroatoms. The van der Waals surface area contributed by atoms with Gasteiger partial charge in [0, 0.05) is 30.7 Å². The van der Waals surface area contributed by atoms with Crippen LogP contribution in [-0.2, 0) is 4.74 Å². The molecular formula is C13H16ClN3O4. The Labute approximate surface area is 127 Å². The van der Waals surface area contributed by atoms with E-state index in [4.69, 9.17) is 16.3 Å². The third-order valence-corrected chi connectivity index (χ3v) is 3.48. The molecule has 1 amide bonds. The van der Waals surface area contributed by atoms with Crippen molar-refractivity contribution < 1.29 is 14.5 Å². The van der Waals surface area contributed by atoms with Crippen LogP contribution < -0.4 is 5.32 Å². The van der Waals surface area contributed by atoms with Gasteiger partial charge in [-0.1, -0.05) is 11.6 Å². The number of nitro groups is 1. The molecule has 0 radical (unpaired) electrons. The minimum atomic E-state index is -0.593. The average molecular weight is 314 g/mol. The van der Waals surface area contributed by atoms with E-state index in [2.05, 4.69) is 5.32 Å². The summed E-state index contributed by atoms with van der Waals surface area (Å²) in [5, 5.41) is 14.3. The Bertz CT molecular complexity index is 550. The Hall–Kier alpha value is -1.70. The third-order valence-electron chi connectivity index (χ3n) is 3.24. The Morgan fingerprint density at radius 3 is 3.05 bits per heavy atom. The van der Waals surface area contributed by atoms with Gasteiger partial charge in [0.05, 0.1) is 17.6 Å². The van der Waals surface area contributed by atoms with Crippen molar-refractivity contribution in [2.45, 2.75) is 6.10 Å².